The van der Waals surface area contributed by atoms with Gasteiger partial charge in [0.25, 0.3) is 0 Å². The Labute approximate surface area is 325 Å². The van der Waals surface area contributed by atoms with Crippen molar-refractivity contribution in [2.75, 3.05) is 4.90 Å². The summed E-state index contributed by atoms with van der Waals surface area (Å²) in [4.78, 5) is 2.41. The molecule has 0 saturated heterocycles. The Bertz CT molecular complexity index is 3230. The normalized spacial score (nSPS) is 11.6. The molecule has 262 valence electrons. The van der Waals surface area contributed by atoms with Gasteiger partial charge in [-0.25, -0.2) is 0 Å². The number of furan rings is 1. The summed E-state index contributed by atoms with van der Waals surface area (Å²) >= 11 is 0. The van der Waals surface area contributed by atoms with E-state index in [0.717, 1.165) is 50.1 Å². The fraction of sp³-hybridized carbons (Fsp3) is 0. The van der Waals surface area contributed by atoms with Crippen molar-refractivity contribution in [3.05, 3.63) is 212 Å². The third-order valence-electron chi connectivity index (χ3n) is 11.3. The highest BCUT2D eigenvalue weighted by Gasteiger charge is 2.19. The second-order valence-corrected chi connectivity index (χ2v) is 14.5. The van der Waals surface area contributed by atoms with Gasteiger partial charge in [0, 0.05) is 27.5 Å². The molecule has 0 aliphatic heterocycles. The van der Waals surface area contributed by atoms with E-state index in [1.54, 1.807) is 0 Å². The third kappa shape index (κ3) is 5.34. The van der Waals surface area contributed by atoms with Crippen LogP contribution in [0.15, 0.2) is 217 Å². The zero-order valence-corrected chi connectivity index (χ0v) is 30.6. The molecule has 0 amide bonds. The van der Waals surface area contributed by atoms with E-state index in [4.69, 9.17) is 4.42 Å². The monoisotopic (exact) mass is 713 g/mol. The third-order valence-corrected chi connectivity index (χ3v) is 11.3. The number of hydrogen-bond donors (Lipinski definition) is 0. The van der Waals surface area contributed by atoms with E-state index in [1.807, 2.05) is 12.1 Å². The molecule has 2 heteroatoms. The number of rotatable bonds is 6. The summed E-state index contributed by atoms with van der Waals surface area (Å²) in [5.74, 6) is 0. The van der Waals surface area contributed by atoms with E-state index < -0.39 is 0 Å². The molecule has 11 aromatic rings. The van der Waals surface area contributed by atoms with Crippen LogP contribution in [0.3, 0.4) is 0 Å². The maximum absolute atomic E-state index is 6.14. The first-order chi connectivity index (χ1) is 27.8. The van der Waals surface area contributed by atoms with Gasteiger partial charge in [0.15, 0.2) is 0 Å². The SMILES string of the molecule is c1ccc(-c2ccc3ccccc3c2-c2ccc(N(c3ccc(-c4ccc5oc6ccccc6c5c4)cc3)c3cc4ccccc4c4ccccc34)cc2)cc1. The minimum Gasteiger partial charge on any atom is -0.456 e. The molecule has 0 aliphatic rings. The van der Waals surface area contributed by atoms with Crippen LogP contribution in [0.4, 0.5) is 17.1 Å². The van der Waals surface area contributed by atoms with Crippen molar-refractivity contribution in [2.24, 2.45) is 0 Å². The van der Waals surface area contributed by atoms with Crippen molar-refractivity contribution in [2.45, 2.75) is 0 Å². The largest absolute Gasteiger partial charge is 0.456 e. The second-order valence-electron chi connectivity index (χ2n) is 14.5. The summed E-state index contributed by atoms with van der Waals surface area (Å²) in [5.41, 5.74) is 12.3. The molecule has 1 aromatic heterocycles. The number of nitrogens with zero attached hydrogens (tertiary/aromatic N) is 1. The smallest absolute Gasteiger partial charge is 0.135 e. The van der Waals surface area contributed by atoms with Crippen LogP contribution in [0.2, 0.25) is 0 Å². The summed E-state index contributed by atoms with van der Waals surface area (Å²) in [5, 5.41) is 9.66. The first kappa shape index (κ1) is 32.0. The number of benzene rings is 10. The van der Waals surface area contributed by atoms with Gasteiger partial charge in [-0.15, -0.1) is 0 Å². The first-order valence-corrected chi connectivity index (χ1v) is 19.2. The summed E-state index contributed by atoms with van der Waals surface area (Å²) in [6.45, 7) is 0. The fourth-order valence-electron chi connectivity index (χ4n) is 8.57. The van der Waals surface area contributed by atoms with Crippen LogP contribution in [0.1, 0.15) is 0 Å². The molecule has 0 N–H and O–H groups in total. The van der Waals surface area contributed by atoms with E-state index in [0.29, 0.717) is 0 Å². The van der Waals surface area contributed by atoms with Crippen molar-refractivity contribution >= 4 is 71.3 Å². The quantitative estimate of drug-likeness (QED) is 0.160. The van der Waals surface area contributed by atoms with Crippen molar-refractivity contribution in [1.29, 1.82) is 0 Å². The van der Waals surface area contributed by atoms with Gasteiger partial charge in [0.1, 0.15) is 11.2 Å². The molecular formula is C54H35NO. The van der Waals surface area contributed by atoms with E-state index in [1.165, 1.54) is 54.6 Å². The van der Waals surface area contributed by atoms with Crippen LogP contribution >= 0.6 is 0 Å². The number of hydrogen-bond acceptors (Lipinski definition) is 2. The predicted molar refractivity (Wildman–Crippen MR) is 237 cm³/mol. The number of anilines is 3. The van der Waals surface area contributed by atoms with E-state index in [9.17, 15) is 0 Å². The minimum atomic E-state index is 0.906. The van der Waals surface area contributed by atoms with Gasteiger partial charge in [0.2, 0.25) is 0 Å². The lowest BCUT2D eigenvalue weighted by molar-refractivity contribution is 0.669. The lowest BCUT2D eigenvalue weighted by Crippen LogP contribution is -2.10. The van der Waals surface area contributed by atoms with Gasteiger partial charge >= 0.3 is 0 Å². The zero-order chi connectivity index (χ0) is 37.0. The molecule has 0 aliphatic carbocycles. The Kier molecular flexibility index (Phi) is 7.53. The second kappa shape index (κ2) is 13.2. The Morgan fingerprint density at radius 3 is 1.64 bits per heavy atom. The Balaban J connectivity index is 1.07. The van der Waals surface area contributed by atoms with Crippen LogP contribution in [0, 0.1) is 0 Å². The molecule has 0 radical (unpaired) electrons. The van der Waals surface area contributed by atoms with Crippen molar-refractivity contribution in [3.63, 3.8) is 0 Å². The lowest BCUT2D eigenvalue weighted by atomic mass is 9.89. The molecule has 1 heterocycles. The maximum atomic E-state index is 6.14. The molecular weight excluding hydrogens is 679 g/mol. The Morgan fingerprint density at radius 2 is 0.875 bits per heavy atom. The highest BCUT2D eigenvalue weighted by Crippen LogP contribution is 2.44. The topological polar surface area (TPSA) is 16.4 Å². The Morgan fingerprint density at radius 1 is 0.304 bits per heavy atom. The number of fused-ring (bicyclic) bond motifs is 7. The van der Waals surface area contributed by atoms with Crippen molar-refractivity contribution < 1.29 is 4.42 Å². The van der Waals surface area contributed by atoms with Crippen molar-refractivity contribution in [3.8, 4) is 33.4 Å². The molecule has 0 spiro atoms. The summed E-state index contributed by atoms with van der Waals surface area (Å²) in [6.07, 6.45) is 0. The molecule has 0 saturated carbocycles. The molecule has 10 aromatic carbocycles. The van der Waals surface area contributed by atoms with Gasteiger partial charge in [0.05, 0.1) is 5.69 Å². The molecule has 0 atom stereocenters. The fourth-order valence-corrected chi connectivity index (χ4v) is 8.57. The minimum absolute atomic E-state index is 0.906. The predicted octanol–water partition coefficient (Wildman–Crippen LogP) is 15.5. The molecule has 0 bridgehead atoms. The van der Waals surface area contributed by atoms with Crippen LogP contribution in [0.25, 0.3) is 87.6 Å². The van der Waals surface area contributed by atoms with E-state index >= 15 is 0 Å². The van der Waals surface area contributed by atoms with E-state index in [-0.39, 0.29) is 0 Å². The van der Waals surface area contributed by atoms with Gasteiger partial charge < -0.3 is 9.32 Å². The van der Waals surface area contributed by atoms with Crippen LogP contribution < -0.4 is 4.90 Å². The van der Waals surface area contributed by atoms with Gasteiger partial charge in [-0.05, 0) is 109 Å². The average molecular weight is 714 g/mol. The van der Waals surface area contributed by atoms with Gasteiger partial charge in [-0.2, -0.15) is 0 Å². The molecule has 56 heavy (non-hydrogen) atoms. The molecule has 11 rings (SSSR count). The summed E-state index contributed by atoms with van der Waals surface area (Å²) in [7, 11) is 0. The van der Waals surface area contributed by atoms with Crippen LogP contribution in [-0.2, 0) is 0 Å². The molecule has 0 fully saturated rings. The Hall–Kier alpha value is -7.42. The highest BCUT2D eigenvalue weighted by molar-refractivity contribution is 6.15. The standard InChI is InChI=1S/C54H35NO/c1-2-12-37(13-3-1)46-32-26-38-14-4-7-17-45(38)54(46)39-24-30-43(31-25-39)55(51-35-41-15-5-6-16-44(41)47-18-8-9-19-48(47)51)42-28-22-36(23-29-42)40-27-33-53-50(34-40)49-20-10-11-21-52(49)56-53/h1-35H. The molecule has 0 unspecified atom stereocenters. The average Bonchev–Trinajstić information content (AvgIpc) is 3.65. The lowest BCUT2D eigenvalue weighted by Gasteiger charge is -2.28. The van der Waals surface area contributed by atoms with Crippen LogP contribution in [-0.4, -0.2) is 0 Å². The van der Waals surface area contributed by atoms with Gasteiger partial charge in [-0.3, -0.25) is 0 Å². The number of para-hydroxylation sites is 1. The highest BCUT2D eigenvalue weighted by atomic mass is 16.3. The van der Waals surface area contributed by atoms with Crippen LogP contribution in [0.5, 0.6) is 0 Å². The summed E-state index contributed by atoms with van der Waals surface area (Å²) < 4.78 is 6.14. The molecule has 2 nitrogen and oxygen atoms in total. The van der Waals surface area contributed by atoms with Crippen molar-refractivity contribution in [1.82, 2.24) is 0 Å². The van der Waals surface area contributed by atoms with Gasteiger partial charge in [-0.1, -0.05) is 164 Å². The maximum Gasteiger partial charge on any atom is 0.135 e. The first-order valence-electron chi connectivity index (χ1n) is 19.2. The van der Waals surface area contributed by atoms with E-state index in [2.05, 4.69) is 205 Å². The zero-order valence-electron chi connectivity index (χ0n) is 30.6. The summed E-state index contributed by atoms with van der Waals surface area (Å²) in [6, 6.07) is 76.6.